The molecule has 1 aliphatic heterocycles. The summed E-state index contributed by atoms with van der Waals surface area (Å²) in [6, 6.07) is -0.00918. The smallest absolute Gasteiger partial charge is 0.369 e. The number of benzene rings is 1. The Kier molecular flexibility index (Phi) is 4.58. The molecule has 1 aromatic carbocycles. The molecule has 0 spiro atoms. The summed E-state index contributed by atoms with van der Waals surface area (Å²) < 4.78 is 102. The van der Waals surface area contributed by atoms with Crippen molar-refractivity contribution in [2.45, 2.75) is 24.1 Å². The Morgan fingerprint density at radius 2 is 1.56 bits per heavy atom. The maximum absolute atomic E-state index is 13.4. The van der Waals surface area contributed by atoms with Crippen LogP contribution >= 0.6 is 0 Å². The van der Waals surface area contributed by atoms with Crippen LogP contribution in [0.1, 0.15) is 5.56 Å². The molecule has 142 valence electrons. The van der Waals surface area contributed by atoms with Crippen molar-refractivity contribution < 1.29 is 45.2 Å². The van der Waals surface area contributed by atoms with Gasteiger partial charge in [-0.2, -0.15) is 35.1 Å². The number of halogens is 8. The quantitative estimate of drug-likeness (QED) is 0.351. The maximum Gasteiger partial charge on any atom is 0.460 e. The van der Waals surface area contributed by atoms with E-state index in [9.17, 15) is 50.3 Å². The molecule has 0 aromatic heterocycles. The summed E-state index contributed by atoms with van der Waals surface area (Å²) in [5.41, 5.74) is -5.40. The highest BCUT2D eigenvalue weighted by Gasteiger charge is 2.73. The minimum atomic E-state index is -6.30. The molecule has 25 heavy (non-hydrogen) atoms. The number of hydrogen-bond acceptors (Lipinski definition) is 5. The van der Waals surface area contributed by atoms with Crippen LogP contribution in [0.2, 0.25) is 0 Å². The molecule has 1 aromatic rings. The Bertz CT molecular complexity index is 705. The molecular weight excluding hydrogens is 376 g/mol. The number of alkyl halides is 8. The van der Waals surface area contributed by atoms with Crippen LogP contribution in [0, 0.1) is 10.1 Å². The molecule has 15 heteroatoms. The molecule has 0 bridgehead atoms. The number of nitrogens with zero attached hydrogens (tertiary/aromatic N) is 1. The van der Waals surface area contributed by atoms with Gasteiger partial charge in [0, 0.05) is 6.07 Å². The van der Waals surface area contributed by atoms with Gasteiger partial charge < -0.3 is 21.9 Å². The molecule has 2 rings (SSSR count). The van der Waals surface area contributed by atoms with Crippen molar-refractivity contribution in [2.24, 2.45) is 0 Å². The molecule has 0 radical (unpaired) electrons. The van der Waals surface area contributed by atoms with Gasteiger partial charge in [0.05, 0.1) is 16.2 Å². The van der Waals surface area contributed by atoms with E-state index in [4.69, 9.17) is 0 Å². The fraction of sp³-hybridized carbons (Fsp3) is 0.400. The van der Waals surface area contributed by atoms with Gasteiger partial charge in [-0.25, -0.2) is 0 Å². The number of hydrogen-bond donors (Lipinski definition) is 4. The number of quaternary nitrogens is 1. The van der Waals surface area contributed by atoms with Crippen molar-refractivity contribution >= 4 is 17.1 Å². The number of fused-ring (bicyclic) bond motifs is 1. The zero-order valence-corrected chi connectivity index (χ0v) is 11.9. The summed E-state index contributed by atoms with van der Waals surface area (Å²) >= 11 is 0. The first-order valence-electron chi connectivity index (χ1n) is 5.73. The Hall–Kier alpha value is -2.42. The third kappa shape index (κ3) is 3.11. The van der Waals surface area contributed by atoms with Gasteiger partial charge in [-0.3, -0.25) is 10.1 Å². The highest BCUT2D eigenvalue weighted by atomic mass is 19.4. The molecular formula is C10H9F8N4O3+. The van der Waals surface area contributed by atoms with Crippen molar-refractivity contribution in [3.8, 4) is 0 Å². The van der Waals surface area contributed by atoms with Crippen LogP contribution in [0.15, 0.2) is 12.1 Å². The first kappa shape index (κ1) is 20.6. The van der Waals surface area contributed by atoms with Crippen molar-refractivity contribution in [1.29, 1.82) is 0 Å². The summed E-state index contributed by atoms with van der Waals surface area (Å²) in [6.45, 7) is 0. The van der Waals surface area contributed by atoms with Gasteiger partial charge in [0.1, 0.15) is 5.69 Å². The van der Waals surface area contributed by atoms with E-state index < -0.39 is 51.7 Å². The number of rotatable bonds is 2. The van der Waals surface area contributed by atoms with Crippen molar-refractivity contribution in [2.75, 3.05) is 10.6 Å². The number of aliphatic hydroxyl groups is 1. The number of anilines is 2. The van der Waals surface area contributed by atoms with Crippen LogP contribution in [-0.2, 0) is 6.18 Å². The molecule has 0 saturated heterocycles. The molecule has 0 aliphatic carbocycles. The van der Waals surface area contributed by atoms with Crippen LogP contribution in [-0.4, -0.2) is 28.0 Å². The van der Waals surface area contributed by atoms with Gasteiger partial charge >= 0.3 is 18.3 Å². The standard InChI is InChI=1S/C10H5F8N3O3.H3N/c11-7(12,13)3-1-4-6(5(2-3)21(23)24)20-10(22,19-4)8(14,15)9(16,17)18;/h1-2,19-20,22H;1H3/p+1. The molecule has 1 aliphatic rings. The second-order valence-electron chi connectivity index (χ2n) is 4.71. The number of nitro groups is 1. The summed E-state index contributed by atoms with van der Waals surface area (Å²) in [6.07, 6.45) is -11.4. The van der Waals surface area contributed by atoms with E-state index in [0.29, 0.717) is 0 Å². The average Bonchev–Trinajstić information content (AvgIpc) is 2.72. The molecule has 1 heterocycles. The third-order valence-corrected chi connectivity index (χ3v) is 3.07. The normalized spacial score (nSPS) is 20.2. The largest absolute Gasteiger partial charge is 0.460 e. The van der Waals surface area contributed by atoms with E-state index in [0.717, 1.165) is 10.6 Å². The van der Waals surface area contributed by atoms with Crippen molar-refractivity contribution in [3.63, 3.8) is 0 Å². The molecule has 1 atom stereocenters. The molecule has 7 N–H and O–H groups in total. The monoisotopic (exact) mass is 385 g/mol. The second kappa shape index (κ2) is 5.55. The van der Waals surface area contributed by atoms with E-state index >= 15 is 0 Å². The van der Waals surface area contributed by atoms with E-state index in [2.05, 4.69) is 0 Å². The minimum absolute atomic E-state index is 0. The topological polar surface area (TPSA) is 124 Å². The fourth-order valence-electron chi connectivity index (χ4n) is 1.93. The lowest BCUT2D eigenvalue weighted by Crippen LogP contribution is -2.63. The molecule has 7 nitrogen and oxygen atoms in total. The number of nitro benzene ring substituents is 1. The second-order valence-corrected chi connectivity index (χ2v) is 4.71. The highest BCUT2D eigenvalue weighted by molar-refractivity contribution is 5.85. The SMILES string of the molecule is O=[N+]([O-])c1cc(C(F)(F)F)cc2c1NC(O)(C(F)(F)C(F)(F)F)N2.[NH4+]. The Labute approximate surface area is 132 Å². The lowest BCUT2D eigenvalue weighted by atomic mass is 10.1. The minimum Gasteiger partial charge on any atom is -0.369 e. The van der Waals surface area contributed by atoms with Gasteiger partial charge in [-0.05, 0) is 6.07 Å². The summed E-state index contributed by atoms with van der Waals surface area (Å²) in [7, 11) is 0. The Morgan fingerprint density at radius 1 is 1.04 bits per heavy atom. The average molecular weight is 385 g/mol. The lowest BCUT2D eigenvalue weighted by Gasteiger charge is -2.33. The van der Waals surface area contributed by atoms with Crippen LogP contribution < -0.4 is 16.8 Å². The highest BCUT2D eigenvalue weighted by Crippen LogP contribution is 2.51. The first-order valence-corrected chi connectivity index (χ1v) is 5.73. The molecule has 0 amide bonds. The van der Waals surface area contributed by atoms with Crippen LogP contribution in [0.25, 0.3) is 0 Å². The van der Waals surface area contributed by atoms with Gasteiger partial charge in [-0.1, -0.05) is 0 Å². The predicted octanol–water partition coefficient (Wildman–Crippen LogP) is 3.67. The zero-order chi connectivity index (χ0) is 18.7. The van der Waals surface area contributed by atoms with Crippen LogP contribution in [0.3, 0.4) is 0 Å². The van der Waals surface area contributed by atoms with E-state index in [1.165, 1.54) is 0 Å². The third-order valence-electron chi connectivity index (χ3n) is 3.07. The van der Waals surface area contributed by atoms with Crippen molar-refractivity contribution in [1.82, 2.24) is 6.15 Å². The van der Waals surface area contributed by atoms with Gasteiger partial charge in [0.15, 0.2) is 0 Å². The van der Waals surface area contributed by atoms with Crippen molar-refractivity contribution in [3.05, 3.63) is 27.8 Å². The molecule has 1 unspecified atom stereocenters. The fourth-order valence-corrected chi connectivity index (χ4v) is 1.93. The summed E-state index contributed by atoms with van der Waals surface area (Å²) in [5, 5.41) is 22.5. The van der Waals surface area contributed by atoms with E-state index in [1.807, 2.05) is 0 Å². The zero-order valence-electron chi connectivity index (χ0n) is 11.9. The van der Waals surface area contributed by atoms with Crippen LogP contribution in [0.5, 0.6) is 0 Å². The van der Waals surface area contributed by atoms with E-state index in [1.54, 1.807) is 0 Å². The Balaban J connectivity index is 0.00000312. The first-order chi connectivity index (χ1) is 10.6. The maximum atomic E-state index is 13.4. The van der Waals surface area contributed by atoms with Gasteiger partial charge in [0.25, 0.3) is 11.5 Å². The van der Waals surface area contributed by atoms with Gasteiger partial charge in [0.2, 0.25) is 0 Å². The summed E-state index contributed by atoms with van der Waals surface area (Å²) in [4.78, 5) is 9.35. The lowest BCUT2D eigenvalue weighted by molar-refractivity contribution is -0.384. The summed E-state index contributed by atoms with van der Waals surface area (Å²) in [5.74, 6) is -10.2. The molecule has 0 fully saturated rings. The molecule has 0 saturated carbocycles. The van der Waals surface area contributed by atoms with Gasteiger partial charge in [-0.15, -0.1) is 0 Å². The number of nitrogens with one attached hydrogen (secondary N) is 2. The van der Waals surface area contributed by atoms with Crippen LogP contribution in [0.4, 0.5) is 52.2 Å². The Morgan fingerprint density at radius 3 is 1.96 bits per heavy atom. The predicted molar refractivity (Wildman–Crippen MR) is 67.3 cm³/mol. The van der Waals surface area contributed by atoms with E-state index in [-0.39, 0.29) is 18.3 Å².